The van der Waals surface area contributed by atoms with E-state index in [1.165, 1.54) is 29.6 Å². The van der Waals surface area contributed by atoms with Gasteiger partial charge in [-0.1, -0.05) is 36.4 Å². The van der Waals surface area contributed by atoms with Crippen LogP contribution in [0.2, 0.25) is 0 Å². The van der Waals surface area contributed by atoms with Gasteiger partial charge in [-0.15, -0.1) is 22.7 Å². The van der Waals surface area contributed by atoms with E-state index in [1.807, 2.05) is 64.0 Å². The van der Waals surface area contributed by atoms with Crippen molar-refractivity contribution in [1.29, 1.82) is 0 Å². The number of thiazole rings is 1. The molecular weight excluding hydrogens is 366 g/mol. The van der Waals surface area contributed by atoms with Crippen LogP contribution in [0.1, 0.15) is 29.8 Å². The molecule has 2 aromatic heterocycles. The molecule has 0 fully saturated rings. The van der Waals surface area contributed by atoms with E-state index in [0.717, 1.165) is 10.4 Å². The van der Waals surface area contributed by atoms with Gasteiger partial charge in [0.15, 0.2) is 4.80 Å². The first-order valence-electron chi connectivity index (χ1n) is 8.18. The molecule has 1 aromatic carbocycles. The van der Waals surface area contributed by atoms with Gasteiger partial charge in [-0.25, -0.2) is 0 Å². The minimum Gasteiger partial charge on any atom is -0.348 e. The van der Waals surface area contributed by atoms with E-state index in [0.29, 0.717) is 11.3 Å². The third kappa shape index (κ3) is 5.00. The second-order valence-corrected chi connectivity index (χ2v) is 7.63. The molecule has 3 aromatic rings. The molecule has 26 heavy (non-hydrogen) atoms. The number of nitrogens with one attached hydrogen (secondary N) is 1. The summed E-state index contributed by atoms with van der Waals surface area (Å²) in [5, 5.41) is 6.68. The van der Waals surface area contributed by atoms with Gasteiger partial charge >= 0.3 is 0 Å². The SMILES string of the molecule is CC(=O)NC(CC(=O)N=c1sccn1Cc1ccccc1)c1cccs1. The van der Waals surface area contributed by atoms with E-state index in [-0.39, 0.29) is 24.3 Å². The van der Waals surface area contributed by atoms with E-state index >= 15 is 0 Å². The van der Waals surface area contributed by atoms with Gasteiger partial charge in [0.05, 0.1) is 12.5 Å². The molecule has 2 amide bonds. The maximum absolute atomic E-state index is 12.5. The molecule has 1 N–H and O–H groups in total. The van der Waals surface area contributed by atoms with E-state index in [9.17, 15) is 9.59 Å². The highest BCUT2D eigenvalue weighted by Crippen LogP contribution is 2.22. The summed E-state index contributed by atoms with van der Waals surface area (Å²) in [5.74, 6) is -0.409. The lowest BCUT2D eigenvalue weighted by atomic mass is 10.1. The average molecular weight is 386 g/mol. The smallest absolute Gasteiger partial charge is 0.250 e. The molecule has 0 saturated carbocycles. The summed E-state index contributed by atoms with van der Waals surface area (Å²) in [6.07, 6.45) is 2.07. The quantitative estimate of drug-likeness (QED) is 0.707. The molecule has 0 aliphatic heterocycles. The predicted octanol–water partition coefficient (Wildman–Crippen LogP) is 3.35. The predicted molar refractivity (Wildman–Crippen MR) is 104 cm³/mol. The molecule has 134 valence electrons. The Morgan fingerprint density at radius 1 is 1.12 bits per heavy atom. The maximum Gasteiger partial charge on any atom is 0.250 e. The summed E-state index contributed by atoms with van der Waals surface area (Å²) in [7, 11) is 0. The standard InChI is InChI=1S/C19H19N3O2S2/c1-14(23)20-16(17-8-5-10-25-17)12-18(24)21-19-22(9-11-26-19)13-15-6-3-2-4-7-15/h2-11,16H,12-13H2,1H3,(H,20,23). The maximum atomic E-state index is 12.5. The molecule has 0 aliphatic rings. The molecule has 0 radical (unpaired) electrons. The number of aromatic nitrogens is 1. The first-order valence-corrected chi connectivity index (χ1v) is 9.93. The Labute approximate surface area is 159 Å². The lowest BCUT2D eigenvalue weighted by Gasteiger charge is -2.14. The highest BCUT2D eigenvalue weighted by Gasteiger charge is 2.17. The topological polar surface area (TPSA) is 63.5 Å². The van der Waals surface area contributed by atoms with Crippen LogP contribution in [0.3, 0.4) is 0 Å². The zero-order valence-corrected chi connectivity index (χ0v) is 15.9. The van der Waals surface area contributed by atoms with Crippen LogP contribution in [-0.2, 0) is 16.1 Å². The average Bonchev–Trinajstić information content (AvgIpc) is 3.27. The molecule has 2 heterocycles. The zero-order valence-electron chi connectivity index (χ0n) is 14.3. The minimum absolute atomic E-state index is 0.142. The molecule has 0 aliphatic carbocycles. The molecule has 1 unspecified atom stereocenters. The van der Waals surface area contributed by atoms with Crippen molar-refractivity contribution in [3.63, 3.8) is 0 Å². The summed E-state index contributed by atoms with van der Waals surface area (Å²) in [4.78, 5) is 29.8. The Morgan fingerprint density at radius 3 is 2.62 bits per heavy atom. The number of thiophene rings is 1. The molecule has 1 atom stereocenters. The van der Waals surface area contributed by atoms with Crippen LogP contribution in [-0.4, -0.2) is 16.4 Å². The normalized spacial score (nSPS) is 12.7. The van der Waals surface area contributed by atoms with Gasteiger partial charge in [0.2, 0.25) is 5.91 Å². The van der Waals surface area contributed by atoms with Gasteiger partial charge in [0, 0.05) is 29.9 Å². The fourth-order valence-corrected chi connectivity index (χ4v) is 4.09. The summed E-state index contributed by atoms with van der Waals surface area (Å²) in [6, 6.07) is 13.5. The highest BCUT2D eigenvalue weighted by atomic mass is 32.1. The van der Waals surface area contributed by atoms with Crippen molar-refractivity contribution >= 4 is 34.5 Å². The summed E-state index contributed by atoms with van der Waals surface area (Å²) < 4.78 is 1.95. The third-order valence-corrected chi connectivity index (χ3v) is 5.50. The lowest BCUT2D eigenvalue weighted by molar-refractivity contribution is -0.121. The monoisotopic (exact) mass is 385 g/mol. The molecular formula is C19H19N3O2S2. The number of nitrogens with zero attached hydrogens (tertiary/aromatic N) is 2. The van der Waals surface area contributed by atoms with E-state index in [1.54, 1.807) is 0 Å². The largest absolute Gasteiger partial charge is 0.348 e. The third-order valence-electron chi connectivity index (χ3n) is 3.72. The second kappa shape index (κ2) is 8.73. The molecule has 7 heteroatoms. The van der Waals surface area contributed by atoms with Crippen molar-refractivity contribution in [2.45, 2.75) is 25.9 Å². The lowest BCUT2D eigenvalue weighted by Crippen LogP contribution is -2.27. The van der Waals surface area contributed by atoms with Crippen LogP contribution < -0.4 is 10.1 Å². The number of carbonyl (C=O) groups is 2. The van der Waals surface area contributed by atoms with Crippen molar-refractivity contribution in [3.05, 3.63) is 74.7 Å². The van der Waals surface area contributed by atoms with E-state index < -0.39 is 0 Å². The van der Waals surface area contributed by atoms with Crippen LogP contribution >= 0.6 is 22.7 Å². The summed E-state index contributed by atoms with van der Waals surface area (Å²) in [5.41, 5.74) is 1.15. The summed E-state index contributed by atoms with van der Waals surface area (Å²) >= 11 is 2.94. The fraction of sp³-hybridized carbons (Fsp3) is 0.211. The number of hydrogen-bond acceptors (Lipinski definition) is 4. The zero-order chi connectivity index (χ0) is 18.4. The Bertz CT molecular complexity index is 927. The van der Waals surface area contributed by atoms with Crippen molar-refractivity contribution in [2.75, 3.05) is 0 Å². The Balaban J connectivity index is 1.76. The molecule has 0 bridgehead atoms. The van der Waals surface area contributed by atoms with Gasteiger partial charge < -0.3 is 9.88 Å². The van der Waals surface area contributed by atoms with Crippen LogP contribution in [0.5, 0.6) is 0 Å². The van der Waals surface area contributed by atoms with Crippen LogP contribution in [0.4, 0.5) is 0 Å². The Hall–Kier alpha value is -2.51. The van der Waals surface area contributed by atoms with Crippen LogP contribution in [0.15, 0.2) is 64.4 Å². The van der Waals surface area contributed by atoms with Gasteiger partial charge in [0.1, 0.15) is 0 Å². The minimum atomic E-state index is -0.341. The molecule has 0 saturated heterocycles. The van der Waals surface area contributed by atoms with Gasteiger partial charge in [-0.2, -0.15) is 4.99 Å². The molecule has 5 nitrogen and oxygen atoms in total. The van der Waals surface area contributed by atoms with Crippen LogP contribution in [0, 0.1) is 0 Å². The van der Waals surface area contributed by atoms with Gasteiger partial charge in [0.25, 0.3) is 5.91 Å². The number of amides is 2. The Kier molecular flexibility index (Phi) is 6.14. The summed E-state index contributed by atoms with van der Waals surface area (Å²) in [6.45, 7) is 2.12. The van der Waals surface area contributed by atoms with Crippen molar-refractivity contribution in [3.8, 4) is 0 Å². The van der Waals surface area contributed by atoms with Gasteiger partial charge in [-0.3, -0.25) is 9.59 Å². The number of benzene rings is 1. The van der Waals surface area contributed by atoms with E-state index in [2.05, 4.69) is 10.3 Å². The van der Waals surface area contributed by atoms with Gasteiger partial charge in [-0.05, 0) is 17.0 Å². The van der Waals surface area contributed by atoms with Crippen LogP contribution in [0.25, 0.3) is 0 Å². The number of hydrogen-bond donors (Lipinski definition) is 1. The fourth-order valence-electron chi connectivity index (χ4n) is 2.57. The molecule has 0 spiro atoms. The van der Waals surface area contributed by atoms with Crippen molar-refractivity contribution in [2.24, 2.45) is 4.99 Å². The Morgan fingerprint density at radius 2 is 1.92 bits per heavy atom. The first kappa shape index (κ1) is 18.3. The van der Waals surface area contributed by atoms with Crippen molar-refractivity contribution in [1.82, 2.24) is 9.88 Å². The molecule has 3 rings (SSSR count). The number of carbonyl (C=O) groups excluding carboxylic acids is 2. The highest BCUT2D eigenvalue weighted by molar-refractivity contribution is 7.10. The number of rotatable bonds is 6. The first-order chi connectivity index (χ1) is 12.6. The van der Waals surface area contributed by atoms with E-state index in [4.69, 9.17) is 0 Å². The second-order valence-electron chi connectivity index (χ2n) is 5.78. The van der Waals surface area contributed by atoms with Crippen molar-refractivity contribution < 1.29 is 9.59 Å².